The lowest BCUT2D eigenvalue weighted by Crippen LogP contribution is -2.26. The fourth-order valence-corrected chi connectivity index (χ4v) is 2.75. The second-order valence-corrected chi connectivity index (χ2v) is 5.53. The topological polar surface area (TPSA) is 75.9 Å². The largest absolute Gasteiger partial charge is 0.357 e. The van der Waals surface area contributed by atoms with Gasteiger partial charge < -0.3 is 10.2 Å². The van der Waals surface area contributed by atoms with Crippen LogP contribution in [0.4, 0.5) is 5.95 Å². The molecule has 0 aliphatic carbocycles. The number of nitrogens with zero attached hydrogens (tertiary/aromatic N) is 5. The Morgan fingerprint density at radius 3 is 2.82 bits per heavy atom. The number of hydrogen-bond donors (Lipinski definition) is 1. The van der Waals surface area contributed by atoms with Crippen LogP contribution in [0.15, 0.2) is 12.3 Å². The smallest absolute Gasteiger partial charge is 0.257 e. The summed E-state index contributed by atoms with van der Waals surface area (Å²) in [5.74, 6) is 0.571. The van der Waals surface area contributed by atoms with Gasteiger partial charge in [0.2, 0.25) is 5.95 Å². The van der Waals surface area contributed by atoms with Crippen LogP contribution in [0.1, 0.15) is 33.9 Å². The van der Waals surface area contributed by atoms with Crippen LogP contribution in [0.5, 0.6) is 0 Å². The molecule has 3 heterocycles. The summed E-state index contributed by atoms with van der Waals surface area (Å²) < 4.78 is 1.99. The van der Waals surface area contributed by atoms with Crippen LogP contribution in [-0.4, -0.2) is 44.1 Å². The first-order valence-electron chi connectivity index (χ1n) is 7.42. The highest BCUT2D eigenvalue weighted by atomic mass is 16.2. The van der Waals surface area contributed by atoms with Gasteiger partial charge in [0, 0.05) is 32.0 Å². The Labute approximate surface area is 129 Å². The molecule has 0 aromatic carbocycles. The fraction of sp³-hybridized carbons (Fsp3) is 0.467. The number of rotatable bonds is 5. The van der Waals surface area contributed by atoms with Crippen molar-refractivity contribution in [2.75, 3.05) is 18.9 Å². The van der Waals surface area contributed by atoms with Crippen LogP contribution in [-0.2, 0) is 13.1 Å². The molecular weight excluding hydrogens is 280 g/mol. The average Bonchev–Trinajstić information content (AvgIpc) is 2.99. The van der Waals surface area contributed by atoms with Crippen LogP contribution >= 0.6 is 0 Å². The minimum atomic E-state index is 0.0195. The zero-order valence-corrected chi connectivity index (χ0v) is 13.1. The van der Waals surface area contributed by atoms with Crippen LogP contribution in [0.2, 0.25) is 0 Å². The summed E-state index contributed by atoms with van der Waals surface area (Å²) in [5, 5.41) is 7.33. The number of aryl methyl sites for hydroxylation is 3. The molecule has 0 saturated carbocycles. The van der Waals surface area contributed by atoms with E-state index in [0.717, 1.165) is 30.0 Å². The standard InChI is InChI=1S/C15H20N6O/c1-10-7-11(2)21(19-10)6-4-5-20-9-13-12(14(20)22)8-17-15(16-3)18-13/h7-8H,4-6,9H2,1-3H3,(H,16,17,18). The Hall–Kier alpha value is -2.44. The first-order chi connectivity index (χ1) is 10.6. The molecule has 0 unspecified atom stereocenters. The van der Waals surface area contributed by atoms with Crippen molar-refractivity contribution in [3.05, 3.63) is 34.9 Å². The van der Waals surface area contributed by atoms with Crippen molar-refractivity contribution < 1.29 is 4.79 Å². The highest BCUT2D eigenvalue weighted by Crippen LogP contribution is 2.21. The molecular formula is C15H20N6O. The second kappa shape index (κ2) is 5.75. The maximum Gasteiger partial charge on any atom is 0.257 e. The summed E-state index contributed by atoms with van der Waals surface area (Å²) in [7, 11) is 1.77. The molecule has 2 aromatic rings. The fourth-order valence-electron chi connectivity index (χ4n) is 2.75. The van der Waals surface area contributed by atoms with E-state index in [4.69, 9.17) is 0 Å². The Morgan fingerprint density at radius 2 is 2.14 bits per heavy atom. The third-order valence-electron chi connectivity index (χ3n) is 3.85. The summed E-state index contributed by atoms with van der Waals surface area (Å²) in [6.45, 7) is 6.10. The minimum absolute atomic E-state index is 0.0195. The van der Waals surface area contributed by atoms with E-state index < -0.39 is 0 Å². The number of carbonyl (C=O) groups is 1. The molecule has 3 rings (SSSR count). The quantitative estimate of drug-likeness (QED) is 0.902. The highest BCUT2D eigenvalue weighted by Gasteiger charge is 2.28. The van der Waals surface area contributed by atoms with E-state index >= 15 is 0 Å². The number of anilines is 1. The molecule has 1 aliphatic heterocycles. The normalized spacial score (nSPS) is 13.6. The van der Waals surface area contributed by atoms with Gasteiger partial charge in [-0.1, -0.05) is 0 Å². The Balaban J connectivity index is 1.61. The maximum atomic E-state index is 12.3. The molecule has 1 amide bonds. The molecule has 0 atom stereocenters. The minimum Gasteiger partial charge on any atom is -0.357 e. The SMILES string of the molecule is CNc1ncc2c(n1)CN(CCCn1nc(C)cc1C)C2=O. The van der Waals surface area contributed by atoms with Gasteiger partial charge in [0.1, 0.15) is 0 Å². The van der Waals surface area contributed by atoms with E-state index in [2.05, 4.69) is 26.4 Å². The molecule has 0 spiro atoms. The van der Waals surface area contributed by atoms with Crippen LogP contribution in [0.25, 0.3) is 0 Å². The number of fused-ring (bicyclic) bond motifs is 1. The van der Waals surface area contributed by atoms with Crippen LogP contribution in [0.3, 0.4) is 0 Å². The lowest BCUT2D eigenvalue weighted by molar-refractivity contribution is 0.0773. The van der Waals surface area contributed by atoms with Crippen molar-refractivity contribution in [3.8, 4) is 0 Å². The summed E-state index contributed by atoms with van der Waals surface area (Å²) in [6, 6.07) is 2.06. The number of aromatic nitrogens is 4. The third kappa shape index (κ3) is 2.66. The summed E-state index contributed by atoms with van der Waals surface area (Å²) >= 11 is 0. The summed E-state index contributed by atoms with van der Waals surface area (Å²) in [4.78, 5) is 22.6. The van der Waals surface area contributed by atoms with Gasteiger partial charge in [-0.3, -0.25) is 9.48 Å². The van der Waals surface area contributed by atoms with Crippen molar-refractivity contribution in [3.63, 3.8) is 0 Å². The van der Waals surface area contributed by atoms with Crippen molar-refractivity contribution >= 4 is 11.9 Å². The summed E-state index contributed by atoms with van der Waals surface area (Å²) in [5.41, 5.74) is 3.59. The number of carbonyl (C=O) groups excluding carboxylic acids is 1. The molecule has 116 valence electrons. The maximum absolute atomic E-state index is 12.3. The first kappa shape index (κ1) is 14.5. The number of nitrogens with one attached hydrogen (secondary N) is 1. The molecule has 7 heteroatoms. The Morgan fingerprint density at radius 1 is 1.32 bits per heavy atom. The molecule has 1 aliphatic rings. The molecule has 22 heavy (non-hydrogen) atoms. The average molecular weight is 300 g/mol. The zero-order chi connectivity index (χ0) is 15.7. The molecule has 0 saturated heterocycles. The molecule has 0 fully saturated rings. The van der Waals surface area contributed by atoms with Crippen molar-refractivity contribution in [2.24, 2.45) is 0 Å². The van der Waals surface area contributed by atoms with Crippen LogP contribution in [0, 0.1) is 13.8 Å². The van der Waals surface area contributed by atoms with Gasteiger partial charge in [-0.05, 0) is 26.3 Å². The Bertz CT molecular complexity index is 708. The van der Waals surface area contributed by atoms with E-state index in [1.54, 1.807) is 13.2 Å². The van der Waals surface area contributed by atoms with Crippen LogP contribution < -0.4 is 5.32 Å². The molecule has 1 N–H and O–H groups in total. The van der Waals surface area contributed by atoms with Gasteiger partial charge in [-0.25, -0.2) is 9.97 Å². The zero-order valence-electron chi connectivity index (χ0n) is 13.1. The van der Waals surface area contributed by atoms with Crippen molar-refractivity contribution in [1.82, 2.24) is 24.6 Å². The second-order valence-electron chi connectivity index (χ2n) is 5.53. The van der Waals surface area contributed by atoms with Gasteiger partial charge in [-0.15, -0.1) is 0 Å². The van der Waals surface area contributed by atoms with Gasteiger partial charge >= 0.3 is 0 Å². The van der Waals surface area contributed by atoms with E-state index in [-0.39, 0.29) is 5.91 Å². The molecule has 0 bridgehead atoms. The summed E-state index contributed by atoms with van der Waals surface area (Å²) in [6.07, 6.45) is 2.48. The van der Waals surface area contributed by atoms with Gasteiger partial charge in [0.05, 0.1) is 23.5 Å². The molecule has 2 aromatic heterocycles. The van der Waals surface area contributed by atoms with Crippen molar-refractivity contribution in [2.45, 2.75) is 33.4 Å². The van der Waals surface area contributed by atoms with E-state index in [1.165, 1.54) is 0 Å². The van der Waals surface area contributed by atoms with Crippen molar-refractivity contribution in [1.29, 1.82) is 0 Å². The van der Waals surface area contributed by atoms with E-state index in [9.17, 15) is 4.79 Å². The highest BCUT2D eigenvalue weighted by molar-refractivity contribution is 5.97. The van der Waals surface area contributed by atoms with E-state index in [0.29, 0.717) is 24.6 Å². The third-order valence-corrected chi connectivity index (χ3v) is 3.85. The van der Waals surface area contributed by atoms with Gasteiger partial charge in [-0.2, -0.15) is 5.10 Å². The lowest BCUT2D eigenvalue weighted by atomic mass is 10.3. The number of hydrogen-bond acceptors (Lipinski definition) is 5. The first-order valence-corrected chi connectivity index (χ1v) is 7.42. The predicted octanol–water partition coefficient (Wildman–Crippen LogP) is 1.38. The molecule has 7 nitrogen and oxygen atoms in total. The van der Waals surface area contributed by atoms with Gasteiger partial charge in [0.25, 0.3) is 5.91 Å². The monoisotopic (exact) mass is 300 g/mol. The van der Waals surface area contributed by atoms with Gasteiger partial charge in [0.15, 0.2) is 0 Å². The number of amides is 1. The Kier molecular flexibility index (Phi) is 3.79. The molecule has 0 radical (unpaired) electrons. The lowest BCUT2D eigenvalue weighted by Gasteiger charge is -2.15. The van der Waals surface area contributed by atoms with E-state index in [1.807, 2.05) is 23.4 Å². The predicted molar refractivity (Wildman–Crippen MR) is 82.6 cm³/mol.